The van der Waals surface area contributed by atoms with Crippen LogP contribution in [-0.2, 0) is 15.0 Å². The van der Waals surface area contributed by atoms with Crippen molar-refractivity contribution in [3.05, 3.63) is 69.7 Å². The molecule has 3 fully saturated rings. The first kappa shape index (κ1) is 30.8. The van der Waals surface area contributed by atoms with E-state index in [2.05, 4.69) is 37.1 Å². The van der Waals surface area contributed by atoms with Gasteiger partial charge in [-0.1, -0.05) is 68.2 Å². The van der Waals surface area contributed by atoms with Gasteiger partial charge in [-0.2, -0.15) is 5.26 Å². The second-order valence-corrected chi connectivity index (χ2v) is 14.0. The second-order valence-electron chi connectivity index (χ2n) is 13.2. The Morgan fingerprint density at radius 1 is 0.952 bits per heavy atom. The fourth-order valence-electron chi connectivity index (χ4n) is 7.02. The third kappa shape index (κ3) is 6.33. The standard InChI is InChI=1S/C33H41Cl2N5O2/c1-32(2,3)20-27-33(22-36,24-9-11-25(34)12-10-24)29(23-7-6-8-26(35)19-23)30(37-27)31(42)40-17-15-38(16-18-40)21-28(41)39-13-4-5-14-39/h6-12,19,27,29-30,37H,4-5,13-18,20-21H2,1-3H3/t27?,29-,30+,33?/m0/s1. The third-order valence-electron chi connectivity index (χ3n) is 9.05. The van der Waals surface area contributed by atoms with Crippen molar-refractivity contribution < 1.29 is 9.59 Å². The molecule has 224 valence electrons. The van der Waals surface area contributed by atoms with E-state index in [0.717, 1.165) is 37.1 Å². The molecular weight excluding hydrogens is 569 g/mol. The van der Waals surface area contributed by atoms with Crippen molar-refractivity contribution in [3.63, 3.8) is 0 Å². The number of nitrogens with one attached hydrogen (secondary N) is 1. The highest BCUT2D eigenvalue weighted by Crippen LogP contribution is 2.51. The highest BCUT2D eigenvalue weighted by atomic mass is 35.5. The maximum atomic E-state index is 14.4. The third-order valence-corrected chi connectivity index (χ3v) is 9.54. The molecule has 0 spiro atoms. The van der Waals surface area contributed by atoms with Crippen molar-refractivity contribution in [1.82, 2.24) is 20.0 Å². The predicted molar refractivity (Wildman–Crippen MR) is 167 cm³/mol. The minimum atomic E-state index is -1.03. The van der Waals surface area contributed by atoms with Crippen LogP contribution in [0.15, 0.2) is 48.5 Å². The molecule has 2 amide bonds. The second kappa shape index (κ2) is 12.5. The molecule has 3 aliphatic rings. The summed E-state index contributed by atoms with van der Waals surface area (Å²) in [6, 6.07) is 16.8. The summed E-state index contributed by atoms with van der Waals surface area (Å²) in [5.74, 6) is -0.315. The normalized spacial score (nSPS) is 26.8. The van der Waals surface area contributed by atoms with Crippen LogP contribution in [0.2, 0.25) is 10.0 Å². The quantitative estimate of drug-likeness (QED) is 0.494. The molecule has 0 aliphatic carbocycles. The van der Waals surface area contributed by atoms with Crippen LogP contribution >= 0.6 is 23.2 Å². The van der Waals surface area contributed by atoms with Gasteiger partial charge in [0.1, 0.15) is 5.41 Å². The monoisotopic (exact) mass is 609 g/mol. The average Bonchev–Trinajstić information content (AvgIpc) is 3.60. The summed E-state index contributed by atoms with van der Waals surface area (Å²) in [4.78, 5) is 33.1. The molecule has 4 atom stereocenters. The molecule has 2 aromatic rings. The number of piperazine rings is 1. The SMILES string of the molecule is CC(C)(C)CC1N[C@@H](C(=O)N2CCN(CC(=O)N3CCCC3)CC2)[C@H](c2cccc(Cl)c2)C1(C#N)c1ccc(Cl)cc1. The Bertz CT molecular complexity index is 1320. The van der Waals surface area contributed by atoms with E-state index in [1.807, 2.05) is 58.3 Å². The van der Waals surface area contributed by atoms with Crippen molar-refractivity contribution in [3.8, 4) is 6.07 Å². The number of carbonyl (C=O) groups is 2. The zero-order valence-corrected chi connectivity index (χ0v) is 26.3. The Morgan fingerprint density at radius 3 is 2.21 bits per heavy atom. The number of halogens is 2. The van der Waals surface area contributed by atoms with Gasteiger partial charge in [0.25, 0.3) is 0 Å². The van der Waals surface area contributed by atoms with Gasteiger partial charge in [-0.25, -0.2) is 0 Å². The van der Waals surface area contributed by atoms with E-state index in [1.165, 1.54) is 0 Å². The first-order valence-corrected chi connectivity index (χ1v) is 15.8. The fraction of sp³-hybridized carbons (Fsp3) is 0.545. The van der Waals surface area contributed by atoms with Gasteiger partial charge in [-0.05, 0) is 60.1 Å². The minimum absolute atomic E-state index is 0.0181. The Kier molecular flexibility index (Phi) is 9.20. The minimum Gasteiger partial charge on any atom is -0.342 e. The molecule has 0 saturated carbocycles. The first-order valence-electron chi connectivity index (χ1n) is 15.0. The molecule has 3 saturated heterocycles. The van der Waals surface area contributed by atoms with Gasteiger partial charge in [0.05, 0.1) is 18.7 Å². The molecule has 3 aliphatic heterocycles. The number of nitrogens with zero attached hydrogens (tertiary/aromatic N) is 4. The first-order chi connectivity index (χ1) is 20.0. The Balaban J connectivity index is 1.46. The van der Waals surface area contributed by atoms with Gasteiger partial charge < -0.3 is 15.1 Å². The summed E-state index contributed by atoms with van der Waals surface area (Å²) in [5, 5.41) is 15.9. The van der Waals surface area contributed by atoms with Gasteiger partial charge >= 0.3 is 0 Å². The Labute approximate surface area is 259 Å². The molecule has 7 nitrogen and oxygen atoms in total. The number of likely N-dealkylation sites (tertiary alicyclic amines) is 1. The molecule has 2 aromatic carbocycles. The number of amides is 2. The summed E-state index contributed by atoms with van der Waals surface area (Å²) in [6.07, 6.45) is 2.84. The lowest BCUT2D eigenvalue weighted by Crippen LogP contribution is -2.55. The number of hydrogen-bond donors (Lipinski definition) is 1. The van der Waals surface area contributed by atoms with Crippen LogP contribution in [0.4, 0.5) is 0 Å². The maximum Gasteiger partial charge on any atom is 0.240 e. The lowest BCUT2D eigenvalue weighted by molar-refractivity contribution is -0.136. The smallest absolute Gasteiger partial charge is 0.240 e. The van der Waals surface area contributed by atoms with Crippen LogP contribution in [0, 0.1) is 16.7 Å². The van der Waals surface area contributed by atoms with Crippen LogP contribution in [0.25, 0.3) is 0 Å². The summed E-state index contributed by atoms with van der Waals surface area (Å²) < 4.78 is 0. The van der Waals surface area contributed by atoms with E-state index in [4.69, 9.17) is 23.2 Å². The Morgan fingerprint density at radius 2 is 1.62 bits per heavy atom. The Hall–Kier alpha value is -2.63. The van der Waals surface area contributed by atoms with Crippen molar-refractivity contribution in [2.24, 2.45) is 5.41 Å². The van der Waals surface area contributed by atoms with Crippen LogP contribution in [0.5, 0.6) is 0 Å². The lowest BCUT2D eigenvalue weighted by Gasteiger charge is -2.38. The van der Waals surface area contributed by atoms with Crippen molar-refractivity contribution in [2.75, 3.05) is 45.8 Å². The molecule has 42 heavy (non-hydrogen) atoms. The molecule has 0 radical (unpaired) electrons. The highest BCUT2D eigenvalue weighted by molar-refractivity contribution is 6.30. The highest BCUT2D eigenvalue weighted by Gasteiger charge is 2.60. The molecule has 0 bridgehead atoms. The van der Waals surface area contributed by atoms with Gasteiger partial charge in [0.2, 0.25) is 11.8 Å². The van der Waals surface area contributed by atoms with E-state index < -0.39 is 17.4 Å². The molecule has 3 heterocycles. The van der Waals surface area contributed by atoms with Crippen LogP contribution < -0.4 is 5.32 Å². The van der Waals surface area contributed by atoms with E-state index in [-0.39, 0.29) is 23.3 Å². The number of nitriles is 1. The zero-order chi connectivity index (χ0) is 30.1. The van der Waals surface area contributed by atoms with E-state index in [0.29, 0.717) is 49.2 Å². The fourth-order valence-corrected chi connectivity index (χ4v) is 7.35. The number of carbonyl (C=O) groups excluding carboxylic acids is 2. The van der Waals surface area contributed by atoms with Crippen molar-refractivity contribution in [1.29, 1.82) is 5.26 Å². The maximum absolute atomic E-state index is 14.4. The van der Waals surface area contributed by atoms with Crippen LogP contribution in [0.1, 0.15) is 57.1 Å². The number of hydrogen-bond acceptors (Lipinski definition) is 5. The van der Waals surface area contributed by atoms with Crippen LogP contribution in [-0.4, -0.2) is 84.4 Å². The molecule has 0 aromatic heterocycles. The van der Waals surface area contributed by atoms with Gasteiger partial charge in [-0.15, -0.1) is 0 Å². The number of benzene rings is 2. The van der Waals surface area contributed by atoms with E-state index in [1.54, 1.807) is 0 Å². The number of rotatable bonds is 6. The lowest BCUT2D eigenvalue weighted by atomic mass is 9.63. The largest absolute Gasteiger partial charge is 0.342 e. The average molecular weight is 611 g/mol. The molecular formula is C33H41Cl2N5O2. The zero-order valence-electron chi connectivity index (χ0n) is 24.8. The van der Waals surface area contributed by atoms with E-state index in [9.17, 15) is 14.9 Å². The summed E-state index contributed by atoms with van der Waals surface area (Å²) in [5.41, 5.74) is 0.557. The van der Waals surface area contributed by atoms with Crippen LogP contribution in [0.3, 0.4) is 0 Å². The van der Waals surface area contributed by atoms with Crippen molar-refractivity contribution in [2.45, 2.75) is 63.5 Å². The molecule has 1 N–H and O–H groups in total. The van der Waals surface area contributed by atoms with E-state index >= 15 is 0 Å². The summed E-state index contributed by atoms with van der Waals surface area (Å²) >= 11 is 12.8. The summed E-state index contributed by atoms with van der Waals surface area (Å²) in [7, 11) is 0. The molecule has 9 heteroatoms. The molecule has 2 unspecified atom stereocenters. The van der Waals surface area contributed by atoms with Gasteiger partial charge in [0.15, 0.2) is 0 Å². The van der Waals surface area contributed by atoms with Gasteiger partial charge in [0, 0.05) is 61.3 Å². The predicted octanol–water partition coefficient (Wildman–Crippen LogP) is 5.08. The van der Waals surface area contributed by atoms with Gasteiger partial charge in [-0.3, -0.25) is 14.5 Å². The van der Waals surface area contributed by atoms with Crippen molar-refractivity contribution >= 4 is 35.0 Å². The molecule has 5 rings (SSSR count). The topological polar surface area (TPSA) is 79.7 Å². The summed E-state index contributed by atoms with van der Waals surface area (Å²) in [6.45, 7) is 10.9.